The molecule has 206 valence electrons. The van der Waals surface area contributed by atoms with Gasteiger partial charge in [0.2, 0.25) is 0 Å². The maximum absolute atomic E-state index is 13.4. The summed E-state index contributed by atoms with van der Waals surface area (Å²) in [5.41, 5.74) is -2.30. The van der Waals surface area contributed by atoms with E-state index in [4.69, 9.17) is 21.4 Å². The van der Waals surface area contributed by atoms with E-state index < -0.39 is 61.0 Å². The highest BCUT2D eigenvalue weighted by Gasteiger charge is 2.50. The number of fused-ring (bicyclic) bond motifs is 1. The molecule has 3 N–H and O–H groups in total. The van der Waals surface area contributed by atoms with Crippen molar-refractivity contribution in [2.45, 2.75) is 50.7 Å². The number of nitrogens with zero attached hydrogens (tertiary/aromatic N) is 4. The van der Waals surface area contributed by atoms with Crippen molar-refractivity contribution in [2.24, 2.45) is 5.41 Å². The number of aromatic nitrogens is 3. The Morgan fingerprint density at radius 3 is 2.49 bits per heavy atom. The average Bonchev–Trinajstić information content (AvgIpc) is 3.33. The first-order chi connectivity index (χ1) is 16.9. The van der Waals surface area contributed by atoms with Crippen molar-refractivity contribution in [2.75, 3.05) is 20.3 Å². The number of urea groups is 1. The fourth-order valence-corrected chi connectivity index (χ4v) is 4.12. The van der Waals surface area contributed by atoms with Gasteiger partial charge < -0.3 is 25.4 Å². The molecule has 0 saturated carbocycles. The molecule has 1 aliphatic heterocycles. The molecule has 0 aliphatic carbocycles. The van der Waals surface area contributed by atoms with E-state index >= 15 is 0 Å². The topological polar surface area (TPSA) is 121 Å². The second-order valence-electron chi connectivity index (χ2n) is 9.11. The molecule has 2 aromatic heterocycles. The molecule has 1 aliphatic rings. The molecule has 0 bridgehead atoms. The first kappa shape index (κ1) is 28.6. The van der Waals surface area contributed by atoms with Crippen LogP contribution in [0.15, 0.2) is 12.3 Å². The number of carboxylic acid groups (broad SMARTS) is 1. The number of hydrogen-bond donors (Lipinski definition) is 3. The highest BCUT2D eigenvalue weighted by Crippen LogP contribution is 2.44. The van der Waals surface area contributed by atoms with Gasteiger partial charge in [-0.15, -0.1) is 0 Å². The molecule has 37 heavy (non-hydrogen) atoms. The molecule has 10 nitrogen and oxygen atoms in total. The van der Waals surface area contributed by atoms with Crippen molar-refractivity contribution < 1.29 is 45.8 Å². The van der Waals surface area contributed by atoms with Crippen molar-refractivity contribution in [3.63, 3.8) is 0 Å². The number of carbonyl (C=O) groups excluding carboxylic acids is 1. The van der Waals surface area contributed by atoms with Crippen LogP contribution in [-0.2, 0) is 4.74 Å². The number of ether oxygens (including phenoxy) is 1. The highest BCUT2D eigenvalue weighted by atomic mass is 35.5. The van der Waals surface area contributed by atoms with Gasteiger partial charge >= 0.3 is 24.5 Å². The third-order valence-electron chi connectivity index (χ3n) is 5.98. The molecule has 3 atom stereocenters. The molecular weight excluding hydrogens is 538 g/mol. The number of halogens is 7. The average molecular weight is 561 g/mol. The molecular formula is C20H23ClF6N6O4. The predicted octanol–water partition coefficient (Wildman–Crippen LogP) is 4.31. The summed E-state index contributed by atoms with van der Waals surface area (Å²) < 4.78 is 86.0. The minimum absolute atomic E-state index is 0.00415. The lowest BCUT2D eigenvalue weighted by Crippen LogP contribution is -2.40. The van der Waals surface area contributed by atoms with Gasteiger partial charge in [0.15, 0.2) is 10.8 Å². The van der Waals surface area contributed by atoms with E-state index in [0.717, 1.165) is 23.3 Å². The molecule has 3 amide bonds. The summed E-state index contributed by atoms with van der Waals surface area (Å²) in [4.78, 5) is 28.7. The lowest BCUT2D eigenvalue weighted by Gasteiger charge is -2.31. The minimum atomic E-state index is -4.69. The molecule has 1 saturated heterocycles. The van der Waals surface area contributed by atoms with Crippen LogP contribution in [-0.4, -0.2) is 75.4 Å². The van der Waals surface area contributed by atoms with Gasteiger partial charge in [-0.25, -0.2) is 19.1 Å². The zero-order valence-electron chi connectivity index (χ0n) is 19.6. The summed E-state index contributed by atoms with van der Waals surface area (Å²) in [5, 5.41) is 16.9. The number of hydrogen-bond acceptors (Lipinski definition) is 5. The number of carbonyl (C=O) groups is 2. The van der Waals surface area contributed by atoms with Crippen LogP contribution in [0, 0.1) is 5.41 Å². The SMILES string of the molecule is COC[C@H](c1cc2nc([C@H](CC(C)(C)C(F)(F)F)NC(=O)O)cn2nc1Cl)N1CC(C(F)(F)F)NC1=O. The molecule has 17 heteroatoms. The first-order valence-corrected chi connectivity index (χ1v) is 11.1. The van der Waals surface area contributed by atoms with Crippen molar-refractivity contribution >= 4 is 29.4 Å². The van der Waals surface area contributed by atoms with Crippen molar-refractivity contribution in [3.8, 4) is 0 Å². The van der Waals surface area contributed by atoms with Crippen LogP contribution >= 0.6 is 11.6 Å². The summed E-state index contributed by atoms with van der Waals surface area (Å²) in [6.45, 7) is 0.842. The third kappa shape index (κ3) is 6.11. The molecule has 3 rings (SSSR count). The molecule has 3 heterocycles. The van der Waals surface area contributed by atoms with Crippen molar-refractivity contribution in [3.05, 3.63) is 28.7 Å². The van der Waals surface area contributed by atoms with E-state index in [-0.39, 0.29) is 28.7 Å². The molecule has 0 aromatic carbocycles. The van der Waals surface area contributed by atoms with E-state index in [1.807, 2.05) is 10.6 Å². The van der Waals surface area contributed by atoms with Gasteiger partial charge in [-0.05, 0) is 12.5 Å². The van der Waals surface area contributed by atoms with Crippen LogP contribution in [0.25, 0.3) is 5.65 Å². The summed E-state index contributed by atoms with van der Waals surface area (Å²) in [7, 11) is 1.26. The fourth-order valence-electron chi connectivity index (χ4n) is 3.86. The van der Waals surface area contributed by atoms with E-state index in [1.54, 1.807) is 0 Å². The predicted molar refractivity (Wildman–Crippen MR) is 116 cm³/mol. The van der Waals surface area contributed by atoms with Crippen molar-refractivity contribution in [1.82, 2.24) is 30.1 Å². The van der Waals surface area contributed by atoms with Crippen LogP contribution in [0.1, 0.15) is 43.6 Å². The normalized spacial score (nSPS) is 18.7. The zero-order valence-corrected chi connectivity index (χ0v) is 20.4. The van der Waals surface area contributed by atoms with Crippen LogP contribution in [0.5, 0.6) is 0 Å². The Morgan fingerprint density at radius 1 is 1.32 bits per heavy atom. The number of rotatable bonds is 8. The fraction of sp³-hybridized carbons (Fsp3) is 0.600. The summed E-state index contributed by atoms with van der Waals surface area (Å²) in [6.07, 6.45) is -10.4. The van der Waals surface area contributed by atoms with E-state index in [2.05, 4.69) is 10.1 Å². The van der Waals surface area contributed by atoms with Gasteiger partial charge in [-0.2, -0.15) is 31.4 Å². The molecule has 0 radical (unpaired) electrons. The lowest BCUT2D eigenvalue weighted by molar-refractivity contribution is -0.215. The quantitative estimate of drug-likeness (QED) is 0.414. The number of imidazole rings is 1. The molecule has 2 aromatic rings. The Hall–Kier alpha value is -3.01. The Labute approximate surface area is 210 Å². The highest BCUT2D eigenvalue weighted by molar-refractivity contribution is 6.30. The molecule has 0 spiro atoms. The third-order valence-corrected chi connectivity index (χ3v) is 6.27. The van der Waals surface area contributed by atoms with Crippen LogP contribution in [0.2, 0.25) is 5.15 Å². The van der Waals surface area contributed by atoms with Gasteiger partial charge in [-0.1, -0.05) is 25.4 Å². The lowest BCUT2D eigenvalue weighted by atomic mass is 9.84. The number of alkyl halides is 6. The van der Waals surface area contributed by atoms with Gasteiger partial charge in [0.25, 0.3) is 0 Å². The monoisotopic (exact) mass is 560 g/mol. The molecule has 1 unspecified atom stereocenters. The standard InChI is InChI=1S/C20H23ClF6N6O4/c1-18(2,20(25,26)27)5-10(29-17(35)36)11-6-33-14(28-11)4-9(15(21)31-33)12(8-37-3)32-7-13(19(22,23)24)30-16(32)34/h4,6,10,12-13,29H,5,7-8H2,1-3H3,(H,30,34)(H,35,36)/t10-,12+,13?/m0/s1. The summed E-state index contributed by atoms with van der Waals surface area (Å²) >= 11 is 6.27. The van der Waals surface area contributed by atoms with Crippen LogP contribution in [0.3, 0.4) is 0 Å². The number of nitrogens with one attached hydrogen (secondary N) is 2. The first-order valence-electron chi connectivity index (χ1n) is 10.7. The number of methoxy groups -OCH3 is 1. The molecule has 1 fully saturated rings. The minimum Gasteiger partial charge on any atom is -0.465 e. The Bertz CT molecular complexity index is 1170. The van der Waals surface area contributed by atoms with Gasteiger partial charge in [0.05, 0.1) is 42.5 Å². The smallest absolute Gasteiger partial charge is 0.410 e. The van der Waals surface area contributed by atoms with E-state index in [9.17, 15) is 35.9 Å². The Morgan fingerprint density at radius 2 is 1.97 bits per heavy atom. The summed E-state index contributed by atoms with van der Waals surface area (Å²) in [6, 6.07) is -4.33. The second-order valence-corrected chi connectivity index (χ2v) is 9.47. The maximum Gasteiger partial charge on any atom is 0.410 e. The van der Waals surface area contributed by atoms with Crippen LogP contribution in [0.4, 0.5) is 35.9 Å². The Balaban J connectivity index is 2.01. The summed E-state index contributed by atoms with van der Waals surface area (Å²) in [5.74, 6) is 0. The van der Waals surface area contributed by atoms with Crippen LogP contribution < -0.4 is 10.6 Å². The van der Waals surface area contributed by atoms with Crippen molar-refractivity contribution in [1.29, 1.82) is 0 Å². The van der Waals surface area contributed by atoms with Gasteiger partial charge in [0, 0.05) is 12.7 Å². The van der Waals surface area contributed by atoms with E-state index in [0.29, 0.717) is 0 Å². The van der Waals surface area contributed by atoms with Gasteiger partial charge in [0.1, 0.15) is 6.04 Å². The second kappa shape index (κ2) is 10.0. The Kier molecular flexibility index (Phi) is 7.75. The largest absolute Gasteiger partial charge is 0.465 e. The van der Waals surface area contributed by atoms with E-state index in [1.165, 1.54) is 19.4 Å². The van der Waals surface area contributed by atoms with Gasteiger partial charge in [-0.3, -0.25) is 0 Å². The zero-order chi connectivity index (χ0) is 27.9. The maximum atomic E-state index is 13.4. The number of amides is 3.